The second-order valence-corrected chi connectivity index (χ2v) is 8.60. The molecule has 4 heterocycles. The lowest BCUT2D eigenvalue weighted by atomic mass is 10.2. The van der Waals surface area contributed by atoms with Gasteiger partial charge in [0, 0.05) is 44.3 Å². The normalized spacial score (nSPS) is 17.0. The Bertz CT molecular complexity index is 1320. The first-order chi connectivity index (χ1) is 17.5. The van der Waals surface area contributed by atoms with E-state index in [1.165, 1.54) is 13.3 Å². The third kappa shape index (κ3) is 4.96. The molecule has 1 atom stereocenters. The summed E-state index contributed by atoms with van der Waals surface area (Å²) in [6, 6.07) is 6.81. The van der Waals surface area contributed by atoms with E-state index in [1.54, 1.807) is 18.2 Å². The highest BCUT2D eigenvalue weighted by molar-refractivity contribution is 5.96. The van der Waals surface area contributed by atoms with Crippen molar-refractivity contribution in [2.75, 3.05) is 64.2 Å². The molecule has 12 heteroatoms. The van der Waals surface area contributed by atoms with Crippen LogP contribution in [0.25, 0.3) is 10.9 Å². The monoisotopic (exact) mass is 495 g/mol. The fourth-order valence-corrected chi connectivity index (χ4v) is 4.35. The molecule has 12 nitrogen and oxygen atoms in total. The fourth-order valence-electron chi connectivity index (χ4n) is 4.35. The molecule has 0 spiro atoms. The molecule has 0 bridgehead atoms. The van der Waals surface area contributed by atoms with Gasteiger partial charge in [0.2, 0.25) is 5.62 Å². The average Bonchev–Trinajstić information content (AvgIpc) is 3.39. The molecule has 2 aliphatic rings. The zero-order valence-corrected chi connectivity index (χ0v) is 20.0. The van der Waals surface area contributed by atoms with Crippen LogP contribution in [0.3, 0.4) is 0 Å². The van der Waals surface area contributed by atoms with Gasteiger partial charge >= 0.3 is 0 Å². The average molecular weight is 496 g/mol. The molecule has 1 fully saturated rings. The van der Waals surface area contributed by atoms with E-state index in [4.69, 9.17) is 19.9 Å². The highest BCUT2D eigenvalue weighted by Gasteiger charge is 2.22. The number of hydrogen-bond donors (Lipinski definition) is 3. The summed E-state index contributed by atoms with van der Waals surface area (Å²) in [6.45, 7) is 4.78. The number of morpholine rings is 1. The van der Waals surface area contributed by atoms with Gasteiger partial charge < -0.3 is 30.4 Å². The molecule has 0 unspecified atom stereocenters. The zero-order valence-electron chi connectivity index (χ0n) is 20.0. The number of aliphatic hydroxyl groups is 1. The van der Waals surface area contributed by atoms with Crippen molar-refractivity contribution in [1.82, 2.24) is 19.4 Å². The Balaban J connectivity index is 1.46. The topological polar surface area (TPSA) is 149 Å². The minimum Gasteiger partial charge on any atom is -0.491 e. The predicted octanol–water partition coefficient (Wildman–Crippen LogP) is 0.261. The van der Waals surface area contributed by atoms with Gasteiger partial charge in [-0.25, -0.2) is 9.97 Å². The van der Waals surface area contributed by atoms with Gasteiger partial charge in [-0.3, -0.25) is 14.3 Å². The van der Waals surface area contributed by atoms with Crippen molar-refractivity contribution in [3.05, 3.63) is 41.6 Å². The summed E-state index contributed by atoms with van der Waals surface area (Å²) < 4.78 is 18.8. The van der Waals surface area contributed by atoms with Crippen molar-refractivity contribution < 1.29 is 24.1 Å². The van der Waals surface area contributed by atoms with E-state index in [0.717, 1.165) is 24.3 Å². The van der Waals surface area contributed by atoms with E-state index in [0.29, 0.717) is 61.2 Å². The molecule has 2 aliphatic heterocycles. The first kappa shape index (κ1) is 24.0. The number of aliphatic hydroxyl groups excluding tert-OH is 1. The van der Waals surface area contributed by atoms with Gasteiger partial charge in [-0.2, -0.15) is 4.99 Å². The number of β-amino-alcohol motifs (C(OH)–C–C–N with tert-alkyl or cyclic N) is 1. The van der Waals surface area contributed by atoms with Crippen molar-refractivity contribution in [3.8, 4) is 11.5 Å². The lowest BCUT2D eigenvalue weighted by Gasteiger charge is -2.28. The number of pyridine rings is 1. The second kappa shape index (κ2) is 10.5. The van der Waals surface area contributed by atoms with Crippen LogP contribution >= 0.6 is 0 Å². The van der Waals surface area contributed by atoms with Crippen LogP contribution in [0, 0.1) is 0 Å². The smallest absolute Gasteiger partial charge is 0.281 e. The van der Waals surface area contributed by atoms with Gasteiger partial charge in [0.25, 0.3) is 5.91 Å². The van der Waals surface area contributed by atoms with Gasteiger partial charge in [0.15, 0.2) is 11.5 Å². The van der Waals surface area contributed by atoms with Gasteiger partial charge in [0.1, 0.15) is 29.9 Å². The van der Waals surface area contributed by atoms with Crippen LogP contribution in [-0.2, 0) is 11.3 Å². The first-order valence-corrected chi connectivity index (χ1v) is 11.8. The van der Waals surface area contributed by atoms with Gasteiger partial charge in [-0.1, -0.05) is 0 Å². The van der Waals surface area contributed by atoms with E-state index in [2.05, 4.69) is 25.2 Å². The quantitative estimate of drug-likeness (QED) is 0.417. The summed E-state index contributed by atoms with van der Waals surface area (Å²) in [5.74, 6) is 1.48. The molecule has 36 heavy (non-hydrogen) atoms. The van der Waals surface area contributed by atoms with Crippen LogP contribution in [0.5, 0.6) is 11.5 Å². The number of amides is 1. The molecule has 4 N–H and O–H groups in total. The van der Waals surface area contributed by atoms with E-state index < -0.39 is 12.0 Å². The number of anilines is 2. The summed E-state index contributed by atoms with van der Waals surface area (Å²) in [6.07, 6.45) is 0.713. The van der Waals surface area contributed by atoms with Crippen molar-refractivity contribution in [1.29, 1.82) is 0 Å². The number of nitrogen functional groups attached to an aromatic ring is 1. The number of rotatable bonds is 7. The number of carbonyl (C=O) groups is 1. The molecule has 0 aliphatic carbocycles. The summed E-state index contributed by atoms with van der Waals surface area (Å²) in [5.41, 5.74) is 6.68. The Morgan fingerprint density at radius 2 is 2.11 bits per heavy atom. The van der Waals surface area contributed by atoms with Crippen molar-refractivity contribution in [3.63, 3.8) is 0 Å². The second-order valence-electron chi connectivity index (χ2n) is 8.60. The standard InChI is InChI=1S/C24H29N7O5/c1-34-21-18(36-14-16(32)13-30-8-10-35-11-9-30)4-3-17-20(21)28-24(31-7-6-26-22(17)31)29-23(33)15-2-5-19(25)27-12-15/h2-5,12,16,26,32H,6-11,13-14H2,1H3,(H2,25,27)/t16-/m1/s1. The molecule has 1 amide bonds. The highest BCUT2D eigenvalue weighted by Crippen LogP contribution is 2.37. The maximum absolute atomic E-state index is 12.8. The minimum absolute atomic E-state index is 0.0943. The van der Waals surface area contributed by atoms with Crippen LogP contribution in [0.2, 0.25) is 0 Å². The zero-order chi connectivity index (χ0) is 25.1. The van der Waals surface area contributed by atoms with E-state index >= 15 is 0 Å². The molecular weight excluding hydrogens is 466 g/mol. The Morgan fingerprint density at radius 3 is 2.86 bits per heavy atom. The molecule has 0 saturated carbocycles. The number of ether oxygens (including phenoxy) is 3. The molecular formula is C24H29N7O5. The van der Waals surface area contributed by atoms with E-state index in [1.807, 2.05) is 10.6 Å². The van der Waals surface area contributed by atoms with Gasteiger partial charge in [-0.05, 0) is 24.3 Å². The Labute approximate surface area is 207 Å². The van der Waals surface area contributed by atoms with E-state index in [9.17, 15) is 9.90 Å². The Morgan fingerprint density at radius 1 is 1.28 bits per heavy atom. The number of nitrogens with two attached hydrogens (primary N) is 1. The van der Waals surface area contributed by atoms with Crippen LogP contribution in [0.1, 0.15) is 10.4 Å². The SMILES string of the molecule is COc1c(OC[C@H](O)CN2CCOCC2)ccc2c3n(c(=NC(=O)c4ccc(N)nc4)nc12)CCN3. The molecule has 1 saturated heterocycles. The molecule has 2 aromatic heterocycles. The third-order valence-corrected chi connectivity index (χ3v) is 6.14. The number of aromatic nitrogens is 3. The van der Waals surface area contributed by atoms with Gasteiger partial charge in [-0.15, -0.1) is 0 Å². The first-order valence-electron chi connectivity index (χ1n) is 11.8. The maximum atomic E-state index is 12.8. The summed E-state index contributed by atoms with van der Waals surface area (Å²) in [7, 11) is 1.53. The van der Waals surface area contributed by atoms with Crippen LogP contribution < -0.4 is 26.1 Å². The van der Waals surface area contributed by atoms with Crippen LogP contribution in [0.4, 0.5) is 11.6 Å². The Kier molecular flexibility index (Phi) is 6.98. The fraction of sp³-hybridized carbons (Fsp3) is 0.417. The van der Waals surface area contributed by atoms with Crippen molar-refractivity contribution in [2.24, 2.45) is 4.99 Å². The number of benzene rings is 1. The maximum Gasteiger partial charge on any atom is 0.281 e. The summed E-state index contributed by atoms with van der Waals surface area (Å²) >= 11 is 0. The molecule has 5 rings (SSSR count). The van der Waals surface area contributed by atoms with Gasteiger partial charge in [0.05, 0.1) is 25.9 Å². The summed E-state index contributed by atoms with van der Waals surface area (Å²) in [4.78, 5) is 27.9. The number of nitrogens with one attached hydrogen (secondary N) is 1. The molecule has 0 radical (unpaired) electrons. The molecule has 190 valence electrons. The van der Waals surface area contributed by atoms with E-state index in [-0.39, 0.29) is 12.2 Å². The number of methoxy groups -OCH3 is 1. The summed E-state index contributed by atoms with van der Waals surface area (Å²) in [5, 5.41) is 14.6. The van der Waals surface area contributed by atoms with Crippen molar-refractivity contribution in [2.45, 2.75) is 12.6 Å². The number of hydrogen-bond acceptors (Lipinski definition) is 10. The van der Waals surface area contributed by atoms with Crippen LogP contribution in [0.15, 0.2) is 35.5 Å². The molecule has 3 aromatic rings. The predicted molar refractivity (Wildman–Crippen MR) is 132 cm³/mol. The van der Waals surface area contributed by atoms with Crippen LogP contribution in [-0.4, -0.2) is 89.7 Å². The number of nitrogens with zero attached hydrogens (tertiary/aromatic N) is 5. The molecule has 1 aromatic carbocycles. The highest BCUT2D eigenvalue weighted by atomic mass is 16.5. The lowest BCUT2D eigenvalue weighted by molar-refractivity contribution is 0.00447. The largest absolute Gasteiger partial charge is 0.491 e. The lowest BCUT2D eigenvalue weighted by Crippen LogP contribution is -2.42. The Hall–Kier alpha value is -3.74. The van der Waals surface area contributed by atoms with Crippen molar-refractivity contribution >= 4 is 28.4 Å². The third-order valence-electron chi connectivity index (χ3n) is 6.14. The number of carbonyl (C=O) groups excluding carboxylic acids is 1. The minimum atomic E-state index is -0.676. The number of fused-ring (bicyclic) bond motifs is 3.